The lowest BCUT2D eigenvalue weighted by Crippen LogP contribution is -2.29. The zero-order valence-electron chi connectivity index (χ0n) is 19.6. The van der Waals surface area contributed by atoms with Crippen molar-refractivity contribution in [3.05, 3.63) is 29.8 Å². The van der Waals surface area contributed by atoms with Crippen LogP contribution in [0.4, 0.5) is 0 Å². The van der Waals surface area contributed by atoms with Gasteiger partial charge in [-0.15, -0.1) is 0 Å². The summed E-state index contributed by atoms with van der Waals surface area (Å²) in [6, 6.07) is 7.61. The second-order valence-corrected chi connectivity index (χ2v) is 10.9. The van der Waals surface area contributed by atoms with Gasteiger partial charge in [0, 0.05) is 23.5 Å². The Labute approximate surface area is 186 Å². The standard InChI is InChI=1S/C24H38N2O3S/c1-8-18(4)22(27)10-9-15-29-21-13-11-20(12-14-21)19(5)25-26-23(28)16-24(6,7)30-17(2)3/h11-14,17-18H,8-10,15-16H2,1-7H3,(H,26,28)/b25-19+. The zero-order valence-corrected chi connectivity index (χ0v) is 20.4. The molecule has 1 atom stereocenters. The van der Waals surface area contributed by atoms with Gasteiger partial charge in [-0.2, -0.15) is 16.9 Å². The van der Waals surface area contributed by atoms with Gasteiger partial charge >= 0.3 is 0 Å². The van der Waals surface area contributed by atoms with Crippen LogP contribution in [-0.4, -0.2) is 34.0 Å². The van der Waals surface area contributed by atoms with Gasteiger partial charge in [0.15, 0.2) is 0 Å². The molecular weight excluding hydrogens is 396 g/mol. The molecule has 1 aromatic carbocycles. The summed E-state index contributed by atoms with van der Waals surface area (Å²) in [5.74, 6) is 1.11. The van der Waals surface area contributed by atoms with Crippen molar-refractivity contribution in [2.45, 2.75) is 84.1 Å². The van der Waals surface area contributed by atoms with Crippen LogP contribution in [0.2, 0.25) is 0 Å². The predicted octanol–water partition coefficient (Wildman–Crippen LogP) is 5.61. The maximum Gasteiger partial charge on any atom is 0.241 e. The fourth-order valence-electron chi connectivity index (χ4n) is 3.02. The predicted molar refractivity (Wildman–Crippen MR) is 127 cm³/mol. The summed E-state index contributed by atoms with van der Waals surface area (Å²) in [5, 5.41) is 4.71. The first-order valence-corrected chi connectivity index (χ1v) is 11.7. The molecule has 168 valence electrons. The van der Waals surface area contributed by atoms with Crippen molar-refractivity contribution in [2.24, 2.45) is 11.0 Å². The minimum atomic E-state index is -0.125. The van der Waals surface area contributed by atoms with Crippen LogP contribution in [0.25, 0.3) is 0 Å². The first kappa shape index (κ1) is 26.2. The van der Waals surface area contributed by atoms with Crippen LogP contribution in [0, 0.1) is 5.92 Å². The van der Waals surface area contributed by atoms with E-state index in [1.54, 1.807) is 11.8 Å². The number of nitrogens with zero attached hydrogens (tertiary/aromatic N) is 1. The van der Waals surface area contributed by atoms with E-state index in [0.717, 1.165) is 29.9 Å². The van der Waals surface area contributed by atoms with Gasteiger partial charge in [0.2, 0.25) is 5.91 Å². The quantitative estimate of drug-likeness (QED) is 0.249. The molecule has 0 saturated carbocycles. The van der Waals surface area contributed by atoms with E-state index in [0.29, 0.717) is 30.5 Å². The van der Waals surface area contributed by atoms with Crippen LogP contribution in [0.15, 0.2) is 29.4 Å². The van der Waals surface area contributed by atoms with E-state index in [2.05, 4.69) is 38.2 Å². The number of Topliss-reactive ketones (excluding diaryl/α,β-unsaturated/α-hetero) is 1. The molecule has 0 spiro atoms. The minimum Gasteiger partial charge on any atom is -0.494 e. The first-order valence-electron chi connectivity index (χ1n) is 10.8. The normalized spacial score (nSPS) is 13.3. The number of hydrazone groups is 1. The Kier molecular flexibility index (Phi) is 11.2. The number of ketones is 1. The van der Waals surface area contributed by atoms with Crippen molar-refractivity contribution >= 4 is 29.2 Å². The molecule has 30 heavy (non-hydrogen) atoms. The molecule has 0 heterocycles. The first-order chi connectivity index (χ1) is 14.0. The van der Waals surface area contributed by atoms with Crippen molar-refractivity contribution in [3.63, 3.8) is 0 Å². The zero-order chi connectivity index (χ0) is 22.7. The van der Waals surface area contributed by atoms with Crippen molar-refractivity contribution < 1.29 is 14.3 Å². The number of hydrogen-bond donors (Lipinski definition) is 1. The molecule has 0 radical (unpaired) electrons. The monoisotopic (exact) mass is 434 g/mol. The molecule has 6 heteroatoms. The third kappa shape index (κ3) is 10.3. The van der Waals surface area contributed by atoms with Crippen molar-refractivity contribution in [3.8, 4) is 5.75 Å². The molecule has 1 unspecified atom stereocenters. The summed E-state index contributed by atoms with van der Waals surface area (Å²) in [6.45, 7) is 14.8. The van der Waals surface area contributed by atoms with Crippen molar-refractivity contribution in [1.29, 1.82) is 0 Å². The Morgan fingerprint density at radius 3 is 2.37 bits per heavy atom. The topological polar surface area (TPSA) is 67.8 Å². The summed E-state index contributed by atoms with van der Waals surface area (Å²) in [4.78, 5) is 24.0. The van der Waals surface area contributed by atoms with Crippen molar-refractivity contribution in [1.82, 2.24) is 5.43 Å². The van der Waals surface area contributed by atoms with Gasteiger partial charge in [-0.05, 0) is 54.8 Å². The molecule has 0 bridgehead atoms. The maximum absolute atomic E-state index is 12.2. The number of amides is 1. The van der Waals surface area contributed by atoms with Gasteiger partial charge in [0.05, 0.1) is 12.3 Å². The highest BCUT2D eigenvalue weighted by Gasteiger charge is 2.23. The lowest BCUT2D eigenvalue weighted by atomic mass is 10.0. The second kappa shape index (κ2) is 12.8. The van der Waals surface area contributed by atoms with Crippen LogP contribution >= 0.6 is 11.8 Å². The number of hydrogen-bond acceptors (Lipinski definition) is 5. The average molecular weight is 435 g/mol. The van der Waals surface area contributed by atoms with Gasteiger partial charge in [-0.25, -0.2) is 5.43 Å². The molecule has 1 rings (SSSR count). The Morgan fingerprint density at radius 2 is 1.80 bits per heavy atom. The Morgan fingerprint density at radius 1 is 1.17 bits per heavy atom. The van der Waals surface area contributed by atoms with E-state index in [1.807, 2.05) is 45.0 Å². The Bertz CT molecular complexity index is 712. The van der Waals surface area contributed by atoms with Gasteiger partial charge in [0.1, 0.15) is 11.5 Å². The smallest absolute Gasteiger partial charge is 0.241 e. The van der Waals surface area contributed by atoms with Crippen LogP contribution in [0.1, 0.15) is 79.7 Å². The van der Waals surface area contributed by atoms with E-state index >= 15 is 0 Å². The van der Waals surface area contributed by atoms with Gasteiger partial charge in [-0.3, -0.25) is 9.59 Å². The molecule has 0 aliphatic rings. The molecule has 0 aromatic heterocycles. The molecule has 5 nitrogen and oxygen atoms in total. The number of rotatable bonds is 13. The number of ether oxygens (including phenoxy) is 1. The van der Waals surface area contributed by atoms with Gasteiger partial charge in [-0.1, -0.05) is 41.5 Å². The molecule has 0 fully saturated rings. The van der Waals surface area contributed by atoms with Crippen LogP contribution in [0.5, 0.6) is 5.75 Å². The van der Waals surface area contributed by atoms with Crippen LogP contribution in [0.3, 0.4) is 0 Å². The third-order valence-electron chi connectivity index (χ3n) is 4.76. The molecule has 0 aliphatic carbocycles. The number of carbonyl (C=O) groups excluding carboxylic acids is 2. The molecule has 1 amide bonds. The second-order valence-electron chi connectivity index (χ2n) is 8.59. The largest absolute Gasteiger partial charge is 0.494 e. The Balaban J connectivity index is 2.48. The Hall–Kier alpha value is -1.82. The SMILES string of the molecule is CCC(C)C(=O)CCCOc1ccc(/C(C)=N/NC(=O)CC(C)(C)SC(C)C)cc1. The number of thioether (sulfide) groups is 1. The molecule has 0 aliphatic heterocycles. The summed E-state index contributed by atoms with van der Waals surface area (Å²) in [6.07, 6.45) is 2.59. The molecule has 1 aromatic rings. The summed E-state index contributed by atoms with van der Waals surface area (Å²) in [5.41, 5.74) is 4.32. The average Bonchev–Trinajstić information content (AvgIpc) is 2.67. The number of nitrogens with one attached hydrogen (secondary N) is 1. The lowest BCUT2D eigenvalue weighted by Gasteiger charge is -2.25. The number of carbonyl (C=O) groups is 2. The van der Waals surface area contributed by atoms with E-state index in [1.165, 1.54) is 0 Å². The summed E-state index contributed by atoms with van der Waals surface area (Å²) >= 11 is 1.79. The fourth-order valence-corrected chi connectivity index (χ4v) is 4.51. The van der Waals surface area contributed by atoms with E-state index < -0.39 is 0 Å². The minimum absolute atomic E-state index is 0.0839. The highest BCUT2D eigenvalue weighted by molar-refractivity contribution is 8.01. The lowest BCUT2D eigenvalue weighted by molar-refractivity contribution is -0.123. The molecule has 1 N–H and O–H groups in total. The number of benzene rings is 1. The summed E-state index contributed by atoms with van der Waals surface area (Å²) in [7, 11) is 0. The highest BCUT2D eigenvalue weighted by atomic mass is 32.2. The van der Waals surface area contributed by atoms with E-state index in [9.17, 15) is 9.59 Å². The van der Waals surface area contributed by atoms with Crippen LogP contribution in [-0.2, 0) is 9.59 Å². The van der Waals surface area contributed by atoms with Gasteiger partial charge < -0.3 is 4.74 Å². The third-order valence-corrected chi connectivity index (χ3v) is 6.01. The molecular formula is C24H38N2O3S. The maximum atomic E-state index is 12.2. The van der Waals surface area contributed by atoms with Crippen LogP contribution < -0.4 is 10.2 Å². The summed E-state index contributed by atoms with van der Waals surface area (Å²) < 4.78 is 5.60. The highest BCUT2D eigenvalue weighted by Crippen LogP contribution is 2.31. The fraction of sp³-hybridized carbons (Fsp3) is 0.625. The molecule has 0 saturated heterocycles. The van der Waals surface area contributed by atoms with E-state index in [4.69, 9.17) is 4.74 Å². The van der Waals surface area contributed by atoms with E-state index in [-0.39, 0.29) is 16.6 Å². The van der Waals surface area contributed by atoms with Gasteiger partial charge in [0.25, 0.3) is 0 Å². The van der Waals surface area contributed by atoms with Crippen molar-refractivity contribution in [2.75, 3.05) is 6.61 Å².